The molecule has 0 aromatic carbocycles. The minimum Gasteiger partial charge on any atom is -0.343 e. The van der Waals surface area contributed by atoms with Crippen LogP contribution in [-0.2, 0) is 14.8 Å². The first-order chi connectivity index (χ1) is 10.9. The highest BCUT2D eigenvalue weighted by Gasteiger charge is 2.41. The van der Waals surface area contributed by atoms with Gasteiger partial charge in [-0.15, -0.1) is 0 Å². The summed E-state index contributed by atoms with van der Waals surface area (Å²) >= 11 is 0. The van der Waals surface area contributed by atoms with E-state index in [1.54, 1.807) is 4.31 Å². The molecule has 3 atom stereocenters. The second-order valence-electron chi connectivity index (χ2n) is 7.72. The number of carbonyl (C=O) groups excluding carboxylic acids is 1. The van der Waals surface area contributed by atoms with Crippen LogP contribution in [-0.4, -0.2) is 55.5 Å². The molecular formula is C17H30N2O3S. The third-order valence-corrected chi connectivity index (χ3v) is 7.69. The van der Waals surface area contributed by atoms with Crippen LogP contribution >= 0.6 is 0 Å². The highest BCUT2D eigenvalue weighted by Crippen LogP contribution is 2.49. The van der Waals surface area contributed by atoms with E-state index in [0.717, 1.165) is 31.1 Å². The van der Waals surface area contributed by atoms with Crippen LogP contribution in [0.1, 0.15) is 51.9 Å². The van der Waals surface area contributed by atoms with E-state index in [0.29, 0.717) is 31.5 Å². The van der Waals surface area contributed by atoms with Crippen LogP contribution in [0.15, 0.2) is 0 Å². The SMILES string of the molecule is CCN(C1CCN(C(=O)CC2CC3CCC2C3)CC1)S(C)(=O)=O. The second-order valence-corrected chi connectivity index (χ2v) is 9.65. The average Bonchev–Trinajstić information content (AvgIpc) is 3.09. The molecule has 6 heteroatoms. The summed E-state index contributed by atoms with van der Waals surface area (Å²) in [5.74, 6) is 2.59. The molecule has 132 valence electrons. The van der Waals surface area contributed by atoms with Crippen LogP contribution in [0.2, 0.25) is 0 Å². The van der Waals surface area contributed by atoms with Gasteiger partial charge in [0.15, 0.2) is 0 Å². The molecule has 1 heterocycles. The highest BCUT2D eigenvalue weighted by atomic mass is 32.2. The van der Waals surface area contributed by atoms with Crippen LogP contribution < -0.4 is 0 Å². The molecule has 0 N–H and O–H groups in total. The van der Waals surface area contributed by atoms with E-state index in [2.05, 4.69) is 0 Å². The molecule has 3 rings (SSSR count). The van der Waals surface area contributed by atoms with Crippen molar-refractivity contribution in [1.29, 1.82) is 0 Å². The Morgan fingerprint density at radius 1 is 1.13 bits per heavy atom. The van der Waals surface area contributed by atoms with E-state index >= 15 is 0 Å². The van der Waals surface area contributed by atoms with Gasteiger partial charge in [0.2, 0.25) is 15.9 Å². The van der Waals surface area contributed by atoms with E-state index in [1.165, 1.54) is 31.9 Å². The van der Waals surface area contributed by atoms with E-state index < -0.39 is 10.0 Å². The number of hydrogen-bond acceptors (Lipinski definition) is 3. The van der Waals surface area contributed by atoms with Gasteiger partial charge in [0.1, 0.15) is 0 Å². The topological polar surface area (TPSA) is 57.7 Å². The third kappa shape index (κ3) is 3.73. The predicted octanol–water partition coefficient (Wildman–Crippen LogP) is 2.09. The van der Waals surface area contributed by atoms with Crippen molar-refractivity contribution in [2.75, 3.05) is 25.9 Å². The quantitative estimate of drug-likeness (QED) is 0.769. The number of likely N-dealkylation sites (tertiary alicyclic amines) is 1. The van der Waals surface area contributed by atoms with E-state index in [4.69, 9.17) is 0 Å². The summed E-state index contributed by atoms with van der Waals surface area (Å²) in [5.41, 5.74) is 0. The lowest BCUT2D eigenvalue weighted by Gasteiger charge is -2.37. The number of sulfonamides is 1. The fraction of sp³-hybridized carbons (Fsp3) is 0.941. The Morgan fingerprint density at radius 3 is 2.30 bits per heavy atom. The van der Waals surface area contributed by atoms with Crippen molar-refractivity contribution in [1.82, 2.24) is 9.21 Å². The lowest BCUT2D eigenvalue weighted by atomic mass is 9.86. The lowest BCUT2D eigenvalue weighted by molar-refractivity contribution is -0.134. The Hall–Kier alpha value is -0.620. The molecule has 2 saturated carbocycles. The summed E-state index contributed by atoms with van der Waals surface area (Å²) in [6.07, 6.45) is 8.83. The average molecular weight is 343 g/mol. The number of hydrogen-bond donors (Lipinski definition) is 0. The molecule has 3 aliphatic rings. The minimum absolute atomic E-state index is 0.0570. The van der Waals surface area contributed by atoms with Crippen molar-refractivity contribution in [3.8, 4) is 0 Å². The Morgan fingerprint density at radius 2 is 1.83 bits per heavy atom. The summed E-state index contributed by atoms with van der Waals surface area (Å²) in [7, 11) is -3.15. The summed E-state index contributed by atoms with van der Waals surface area (Å²) < 4.78 is 25.2. The van der Waals surface area contributed by atoms with E-state index in [9.17, 15) is 13.2 Å². The standard InChI is InChI=1S/C17H30N2O3S/c1-3-19(23(2,21)22)16-6-8-18(9-7-16)17(20)12-15-11-13-4-5-14(15)10-13/h13-16H,3-12H2,1-2H3. The van der Waals surface area contributed by atoms with Crippen LogP contribution in [0.3, 0.4) is 0 Å². The molecule has 5 nitrogen and oxygen atoms in total. The van der Waals surface area contributed by atoms with Crippen LogP contribution in [0, 0.1) is 17.8 Å². The maximum absolute atomic E-state index is 12.6. The number of carbonyl (C=O) groups is 1. The molecule has 0 radical (unpaired) electrons. The molecule has 3 fully saturated rings. The van der Waals surface area contributed by atoms with Gasteiger partial charge >= 0.3 is 0 Å². The Balaban J connectivity index is 1.49. The highest BCUT2D eigenvalue weighted by molar-refractivity contribution is 7.88. The molecule has 3 unspecified atom stereocenters. The zero-order valence-corrected chi connectivity index (χ0v) is 15.2. The number of fused-ring (bicyclic) bond motifs is 2. The normalized spacial score (nSPS) is 32.0. The maximum atomic E-state index is 12.6. The number of rotatable bonds is 5. The van der Waals surface area contributed by atoms with Crippen molar-refractivity contribution in [2.24, 2.45) is 17.8 Å². The van der Waals surface area contributed by atoms with Crippen molar-refractivity contribution >= 4 is 15.9 Å². The Labute approximate surface area is 140 Å². The van der Waals surface area contributed by atoms with Gasteiger partial charge in [-0.05, 0) is 49.9 Å². The number of nitrogens with zero attached hydrogens (tertiary/aromatic N) is 2. The molecule has 0 aromatic heterocycles. The van der Waals surface area contributed by atoms with Crippen LogP contribution in [0.5, 0.6) is 0 Å². The fourth-order valence-corrected chi connectivity index (χ4v) is 6.37. The molecule has 1 saturated heterocycles. The first kappa shape index (κ1) is 17.2. The van der Waals surface area contributed by atoms with Crippen molar-refractivity contribution in [3.63, 3.8) is 0 Å². The Kier molecular flexibility index (Phi) is 5.02. The number of amides is 1. The van der Waals surface area contributed by atoms with Gasteiger partial charge in [-0.3, -0.25) is 4.79 Å². The zero-order valence-electron chi connectivity index (χ0n) is 14.4. The van der Waals surface area contributed by atoms with Crippen molar-refractivity contribution < 1.29 is 13.2 Å². The Bertz CT molecular complexity index is 540. The molecule has 0 aromatic rings. The monoisotopic (exact) mass is 342 g/mol. The second kappa shape index (κ2) is 6.71. The van der Waals surface area contributed by atoms with Gasteiger partial charge in [0.05, 0.1) is 6.26 Å². The minimum atomic E-state index is -3.15. The molecular weight excluding hydrogens is 312 g/mol. The van der Waals surface area contributed by atoms with Gasteiger partial charge < -0.3 is 4.90 Å². The summed E-state index contributed by atoms with van der Waals surface area (Å²) in [6, 6.07) is 0.0570. The summed E-state index contributed by atoms with van der Waals surface area (Å²) in [4.78, 5) is 14.5. The first-order valence-corrected chi connectivity index (χ1v) is 11.0. The smallest absolute Gasteiger partial charge is 0.222 e. The molecule has 2 bridgehead atoms. The van der Waals surface area contributed by atoms with Crippen LogP contribution in [0.4, 0.5) is 0 Å². The van der Waals surface area contributed by atoms with Crippen LogP contribution in [0.25, 0.3) is 0 Å². The number of piperidine rings is 1. The van der Waals surface area contributed by atoms with Gasteiger partial charge in [-0.1, -0.05) is 13.3 Å². The largest absolute Gasteiger partial charge is 0.343 e. The lowest BCUT2D eigenvalue weighted by Crippen LogP contribution is -2.48. The predicted molar refractivity (Wildman–Crippen MR) is 90.4 cm³/mol. The van der Waals surface area contributed by atoms with E-state index in [-0.39, 0.29) is 6.04 Å². The fourth-order valence-electron chi connectivity index (χ4n) is 5.15. The van der Waals surface area contributed by atoms with Gasteiger partial charge in [-0.2, -0.15) is 4.31 Å². The van der Waals surface area contributed by atoms with E-state index in [1.807, 2.05) is 11.8 Å². The molecule has 23 heavy (non-hydrogen) atoms. The molecule has 2 aliphatic carbocycles. The zero-order chi connectivity index (χ0) is 16.6. The molecule has 1 aliphatic heterocycles. The summed E-state index contributed by atoms with van der Waals surface area (Å²) in [6.45, 7) is 3.81. The van der Waals surface area contributed by atoms with Gasteiger partial charge in [0.25, 0.3) is 0 Å². The van der Waals surface area contributed by atoms with Gasteiger partial charge in [-0.25, -0.2) is 8.42 Å². The maximum Gasteiger partial charge on any atom is 0.222 e. The third-order valence-electron chi connectivity index (χ3n) is 6.28. The van der Waals surface area contributed by atoms with Crippen molar-refractivity contribution in [2.45, 2.75) is 57.9 Å². The van der Waals surface area contributed by atoms with Gasteiger partial charge in [0, 0.05) is 32.1 Å². The molecule has 1 amide bonds. The first-order valence-electron chi connectivity index (χ1n) is 9.13. The van der Waals surface area contributed by atoms with Crippen molar-refractivity contribution in [3.05, 3.63) is 0 Å². The molecule has 0 spiro atoms. The summed E-state index contributed by atoms with van der Waals surface area (Å²) in [5, 5.41) is 0.